The molecule has 0 saturated heterocycles. The van der Waals surface area contributed by atoms with Gasteiger partial charge in [-0.3, -0.25) is 9.59 Å². The van der Waals surface area contributed by atoms with Crippen LogP contribution in [-0.4, -0.2) is 27.5 Å². The van der Waals surface area contributed by atoms with Crippen molar-refractivity contribution in [2.24, 2.45) is 5.73 Å². The molecule has 0 atom stereocenters. The highest BCUT2D eigenvalue weighted by molar-refractivity contribution is 6.00. The van der Waals surface area contributed by atoms with Gasteiger partial charge in [0.15, 0.2) is 11.5 Å². The predicted molar refractivity (Wildman–Crippen MR) is 105 cm³/mol. The van der Waals surface area contributed by atoms with Crippen molar-refractivity contribution in [2.45, 2.75) is 63.6 Å². The number of hydrogen-bond acceptors (Lipinski definition) is 4. The molecule has 1 heterocycles. The van der Waals surface area contributed by atoms with Crippen LogP contribution in [0.4, 0.5) is 18.9 Å². The Morgan fingerprint density at radius 2 is 1.87 bits per heavy atom. The first-order chi connectivity index (χ1) is 14.3. The molecule has 1 fully saturated rings. The van der Waals surface area contributed by atoms with Gasteiger partial charge in [-0.1, -0.05) is 19.3 Å². The number of fused-ring (bicyclic) bond motifs is 1. The molecule has 1 saturated carbocycles. The zero-order chi connectivity index (χ0) is 21.5. The first kappa shape index (κ1) is 20.4. The van der Waals surface area contributed by atoms with Crippen molar-refractivity contribution >= 4 is 17.4 Å². The van der Waals surface area contributed by atoms with Crippen LogP contribution in [0.15, 0.2) is 18.2 Å². The highest BCUT2D eigenvalue weighted by Crippen LogP contribution is 2.37. The monoisotopic (exact) mass is 420 g/mol. The van der Waals surface area contributed by atoms with Crippen molar-refractivity contribution in [1.82, 2.24) is 9.78 Å². The molecule has 1 aromatic carbocycles. The highest BCUT2D eigenvalue weighted by atomic mass is 19.4. The van der Waals surface area contributed by atoms with E-state index in [2.05, 4.69) is 10.4 Å². The van der Waals surface area contributed by atoms with Gasteiger partial charge in [-0.05, 0) is 43.9 Å². The van der Waals surface area contributed by atoms with E-state index in [4.69, 9.17) is 5.73 Å². The van der Waals surface area contributed by atoms with Gasteiger partial charge in [0.05, 0.1) is 22.5 Å². The highest BCUT2D eigenvalue weighted by Gasteiger charge is 2.42. The summed E-state index contributed by atoms with van der Waals surface area (Å²) in [5.41, 5.74) is 5.39. The lowest BCUT2D eigenvalue weighted by Gasteiger charge is -2.25. The van der Waals surface area contributed by atoms with Crippen LogP contribution in [0, 0.1) is 0 Å². The minimum Gasteiger partial charge on any atom is -0.382 e. The predicted octanol–water partition coefficient (Wildman–Crippen LogP) is 4.25. The zero-order valence-corrected chi connectivity index (χ0v) is 16.4. The van der Waals surface area contributed by atoms with Crippen LogP contribution in [0.2, 0.25) is 0 Å². The van der Waals surface area contributed by atoms with E-state index in [9.17, 15) is 22.8 Å². The number of nitrogens with two attached hydrogens (primary N) is 1. The fourth-order valence-corrected chi connectivity index (χ4v) is 4.40. The van der Waals surface area contributed by atoms with Crippen LogP contribution in [0.3, 0.4) is 0 Å². The molecule has 2 aliphatic carbocycles. The van der Waals surface area contributed by atoms with Crippen molar-refractivity contribution in [3.05, 3.63) is 40.7 Å². The Bertz CT molecular complexity index is 991. The summed E-state index contributed by atoms with van der Waals surface area (Å²) < 4.78 is 41.8. The first-order valence-electron chi connectivity index (χ1n) is 10.2. The van der Waals surface area contributed by atoms with Crippen molar-refractivity contribution in [2.75, 3.05) is 5.32 Å². The number of Topliss-reactive ketones (excluding diaryl/α,β-unsaturated/α-hetero) is 1. The summed E-state index contributed by atoms with van der Waals surface area (Å²) in [7, 11) is 0. The van der Waals surface area contributed by atoms with Gasteiger partial charge in [-0.15, -0.1) is 0 Å². The van der Waals surface area contributed by atoms with Gasteiger partial charge in [-0.2, -0.15) is 18.3 Å². The fourth-order valence-electron chi connectivity index (χ4n) is 4.40. The Labute approximate surface area is 171 Å². The topological polar surface area (TPSA) is 90.0 Å². The maximum atomic E-state index is 13.5. The largest absolute Gasteiger partial charge is 0.435 e. The Morgan fingerprint density at radius 3 is 2.53 bits per heavy atom. The Kier molecular flexibility index (Phi) is 5.29. The molecule has 9 heteroatoms. The van der Waals surface area contributed by atoms with Crippen LogP contribution in [0.5, 0.6) is 0 Å². The molecule has 0 bridgehead atoms. The number of nitrogens with one attached hydrogen (secondary N) is 1. The molecule has 0 spiro atoms. The number of aromatic nitrogens is 2. The van der Waals surface area contributed by atoms with E-state index in [0.29, 0.717) is 24.2 Å². The minimum absolute atomic E-state index is 0.0802. The second-order valence-electron chi connectivity index (χ2n) is 7.93. The standard InChI is InChI=1S/C21H23F3N4O2/c22-21(23,24)19-18-16(7-4-8-17(18)29)28(27-19)13-9-10-14(20(25)30)15(11-13)26-12-5-2-1-3-6-12/h9-12,26H,1-8H2,(H2,25,30). The third-order valence-electron chi connectivity index (χ3n) is 5.82. The van der Waals surface area contributed by atoms with E-state index in [1.54, 1.807) is 6.07 Å². The Hall–Kier alpha value is -2.84. The van der Waals surface area contributed by atoms with Gasteiger partial charge in [0.1, 0.15) is 0 Å². The van der Waals surface area contributed by atoms with E-state index in [1.807, 2.05) is 0 Å². The number of alkyl halides is 3. The number of nitrogens with zero attached hydrogens (tertiary/aromatic N) is 2. The summed E-state index contributed by atoms with van der Waals surface area (Å²) in [5.74, 6) is -1.15. The Morgan fingerprint density at radius 1 is 1.13 bits per heavy atom. The number of anilines is 1. The average Bonchev–Trinajstić information content (AvgIpc) is 3.10. The van der Waals surface area contributed by atoms with Crippen molar-refractivity contribution in [1.29, 1.82) is 0 Å². The molecule has 1 aromatic heterocycles. The molecule has 4 rings (SSSR count). The second kappa shape index (κ2) is 7.77. The number of rotatable bonds is 4. The third-order valence-corrected chi connectivity index (χ3v) is 5.82. The molecule has 0 radical (unpaired) electrons. The summed E-state index contributed by atoms with van der Waals surface area (Å²) in [5, 5.41) is 7.11. The lowest BCUT2D eigenvalue weighted by Crippen LogP contribution is -2.25. The molecule has 2 aliphatic rings. The smallest absolute Gasteiger partial charge is 0.382 e. The van der Waals surface area contributed by atoms with E-state index < -0.39 is 23.6 Å². The number of carbonyl (C=O) groups excluding carboxylic acids is 2. The molecule has 0 aliphatic heterocycles. The lowest BCUT2D eigenvalue weighted by molar-refractivity contribution is -0.141. The average molecular weight is 420 g/mol. The van der Waals surface area contributed by atoms with E-state index >= 15 is 0 Å². The maximum Gasteiger partial charge on any atom is 0.435 e. The Balaban J connectivity index is 1.80. The molecule has 6 nitrogen and oxygen atoms in total. The van der Waals surface area contributed by atoms with Gasteiger partial charge in [0, 0.05) is 18.2 Å². The van der Waals surface area contributed by atoms with Gasteiger partial charge >= 0.3 is 6.18 Å². The lowest BCUT2D eigenvalue weighted by atomic mass is 9.94. The molecule has 160 valence electrons. The van der Waals surface area contributed by atoms with Gasteiger partial charge in [0.2, 0.25) is 0 Å². The molecule has 2 aromatic rings. The van der Waals surface area contributed by atoms with E-state index in [0.717, 1.165) is 32.1 Å². The summed E-state index contributed by atoms with van der Waals surface area (Å²) in [6.45, 7) is 0. The number of ketones is 1. The van der Waals surface area contributed by atoms with Crippen molar-refractivity contribution < 1.29 is 22.8 Å². The SMILES string of the molecule is NC(=O)c1ccc(-n2nc(C(F)(F)F)c3c2CCCC3=O)cc1NC1CCCCC1. The summed E-state index contributed by atoms with van der Waals surface area (Å²) in [6.07, 6.45) is 1.37. The number of halogens is 3. The minimum atomic E-state index is -4.72. The van der Waals surface area contributed by atoms with E-state index in [1.165, 1.54) is 16.8 Å². The molecule has 1 amide bonds. The van der Waals surface area contributed by atoms with Crippen molar-refractivity contribution in [3.63, 3.8) is 0 Å². The first-order valence-corrected chi connectivity index (χ1v) is 10.2. The van der Waals surface area contributed by atoms with Crippen LogP contribution in [0.25, 0.3) is 5.69 Å². The van der Waals surface area contributed by atoms with Crippen molar-refractivity contribution in [3.8, 4) is 5.69 Å². The molecule has 3 N–H and O–H groups in total. The quantitative estimate of drug-likeness (QED) is 0.774. The number of benzene rings is 1. The van der Waals surface area contributed by atoms with Gasteiger partial charge in [-0.25, -0.2) is 4.68 Å². The van der Waals surface area contributed by atoms with Crippen LogP contribution in [-0.2, 0) is 12.6 Å². The fraction of sp³-hybridized carbons (Fsp3) is 0.476. The molecular weight excluding hydrogens is 397 g/mol. The molecule has 30 heavy (non-hydrogen) atoms. The van der Waals surface area contributed by atoms with Gasteiger partial charge in [0.25, 0.3) is 5.91 Å². The third kappa shape index (κ3) is 3.80. The summed E-state index contributed by atoms with van der Waals surface area (Å²) >= 11 is 0. The number of hydrogen-bond donors (Lipinski definition) is 2. The number of primary amides is 1. The summed E-state index contributed by atoms with van der Waals surface area (Å²) in [6, 6.07) is 4.78. The second-order valence-corrected chi connectivity index (χ2v) is 7.93. The van der Waals surface area contributed by atoms with Gasteiger partial charge < -0.3 is 11.1 Å². The van der Waals surface area contributed by atoms with Crippen LogP contribution >= 0.6 is 0 Å². The molecule has 0 unspecified atom stereocenters. The van der Waals surface area contributed by atoms with Crippen LogP contribution in [0.1, 0.15) is 77.0 Å². The maximum absolute atomic E-state index is 13.5. The van der Waals surface area contributed by atoms with E-state index in [-0.39, 0.29) is 29.3 Å². The zero-order valence-electron chi connectivity index (χ0n) is 16.4. The number of carbonyl (C=O) groups is 2. The molecular formula is C21H23F3N4O2. The number of amides is 1. The summed E-state index contributed by atoms with van der Waals surface area (Å²) in [4.78, 5) is 24.1. The van der Waals surface area contributed by atoms with Crippen LogP contribution < -0.4 is 11.1 Å². The normalized spacial score (nSPS) is 17.6.